The van der Waals surface area contributed by atoms with Crippen LogP contribution in [0.5, 0.6) is 0 Å². The maximum absolute atomic E-state index is 13.9. The molecule has 1 aliphatic carbocycles. The number of anilines is 1. The fourth-order valence-corrected chi connectivity index (χ4v) is 1.77. The van der Waals surface area contributed by atoms with Gasteiger partial charge in [-0.05, 0) is 25.8 Å². The Morgan fingerprint density at radius 1 is 1.69 bits per heavy atom. The minimum atomic E-state index is -1.26. The van der Waals surface area contributed by atoms with Gasteiger partial charge >= 0.3 is 5.97 Å². The number of carbonyl (C=O) groups is 1. The van der Waals surface area contributed by atoms with Gasteiger partial charge in [0, 0.05) is 18.8 Å². The molecule has 1 saturated carbocycles. The zero-order valence-corrected chi connectivity index (χ0v) is 8.98. The number of carboxylic acid groups (broad SMARTS) is 1. The van der Waals surface area contributed by atoms with Crippen LogP contribution in [0.2, 0.25) is 0 Å². The first kappa shape index (κ1) is 10.9. The van der Waals surface area contributed by atoms with Gasteiger partial charge in [0.05, 0.1) is 0 Å². The summed E-state index contributed by atoms with van der Waals surface area (Å²) in [7, 11) is 0. The van der Waals surface area contributed by atoms with Crippen molar-refractivity contribution in [3.05, 3.63) is 23.6 Å². The van der Waals surface area contributed by atoms with E-state index in [1.165, 1.54) is 12.3 Å². The summed E-state index contributed by atoms with van der Waals surface area (Å²) in [6.45, 7) is 2.55. The van der Waals surface area contributed by atoms with Crippen LogP contribution < -0.4 is 4.90 Å². The van der Waals surface area contributed by atoms with Crippen LogP contribution >= 0.6 is 0 Å². The van der Waals surface area contributed by atoms with Crippen LogP contribution in [0.25, 0.3) is 0 Å². The summed E-state index contributed by atoms with van der Waals surface area (Å²) in [5.41, 5.74) is -0.316. The Morgan fingerprint density at radius 3 is 2.88 bits per heavy atom. The maximum atomic E-state index is 13.9. The number of hydrogen-bond donors (Lipinski definition) is 1. The van der Waals surface area contributed by atoms with Crippen LogP contribution in [-0.2, 0) is 0 Å². The van der Waals surface area contributed by atoms with Crippen molar-refractivity contribution in [3.8, 4) is 0 Å². The van der Waals surface area contributed by atoms with Crippen molar-refractivity contribution in [1.29, 1.82) is 0 Å². The highest BCUT2D eigenvalue weighted by atomic mass is 19.1. The van der Waals surface area contributed by atoms with E-state index in [9.17, 15) is 9.18 Å². The van der Waals surface area contributed by atoms with Crippen molar-refractivity contribution in [1.82, 2.24) is 4.98 Å². The average Bonchev–Trinajstić information content (AvgIpc) is 3.05. The predicted molar refractivity (Wildman–Crippen MR) is 57.2 cm³/mol. The van der Waals surface area contributed by atoms with Gasteiger partial charge < -0.3 is 10.0 Å². The lowest BCUT2D eigenvalue weighted by atomic mass is 10.2. The lowest BCUT2D eigenvalue weighted by Crippen LogP contribution is -2.27. The third-order valence-corrected chi connectivity index (χ3v) is 2.70. The van der Waals surface area contributed by atoms with E-state index in [1.54, 1.807) is 0 Å². The molecule has 1 N–H and O–H groups in total. The van der Waals surface area contributed by atoms with Crippen molar-refractivity contribution >= 4 is 11.8 Å². The molecule has 0 atom stereocenters. The Hall–Kier alpha value is -1.65. The van der Waals surface area contributed by atoms with E-state index in [-0.39, 0.29) is 11.4 Å². The normalized spacial score (nSPS) is 14.9. The second-order valence-corrected chi connectivity index (χ2v) is 3.82. The zero-order valence-electron chi connectivity index (χ0n) is 8.98. The van der Waals surface area contributed by atoms with Gasteiger partial charge in [-0.1, -0.05) is 0 Å². The van der Waals surface area contributed by atoms with Gasteiger partial charge in [0.1, 0.15) is 5.56 Å². The number of pyridine rings is 1. The summed E-state index contributed by atoms with van der Waals surface area (Å²) >= 11 is 0. The lowest BCUT2D eigenvalue weighted by molar-refractivity contribution is 0.0691. The molecule has 0 radical (unpaired) electrons. The highest BCUT2D eigenvalue weighted by molar-refractivity contribution is 5.88. The summed E-state index contributed by atoms with van der Waals surface area (Å²) < 4.78 is 13.9. The van der Waals surface area contributed by atoms with Crippen LogP contribution in [0.4, 0.5) is 10.2 Å². The minimum Gasteiger partial charge on any atom is -0.478 e. The minimum absolute atomic E-state index is 0.157. The highest BCUT2D eigenvalue weighted by Crippen LogP contribution is 2.32. The summed E-state index contributed by atoms with van der Waals surface area (Å²) in [5.74, 6) is -1.83. The fraction of sp³-hybridized carbons (Fsp3) is 0.455. The molecule has 5 heteroatoms. The van der Waals surface area contributed by atoms with Crippen LogP contribution in [0.3, 0.4) is 0 Å². The van der Waals surface area contributed by atoms with Crippen LogP contribution in [0, 0.1) is 5.82 Å². The van der Waals surface area contributed by atoms with Gasteiger partial charge in [-0.2, -0.15) is 0 Å². The van der Waals surface area contributed by atoms with Gasteiger partial charge in [0.2, 0.25) is 0 Å². The molecule has 0 unspecified atom stereocenters. The smallest absolute Gasteiger partial charge is 0.338 e. The molecule has 86 valence electrons. The van der Waals surface area contributed by atoms with Crippen molar-refractivity contribution in [2.45, 2.75) is 25.8 Å². The van der Waals surface area contributed by atoms with E-state index in [0.29, 0.717) is 12.6 Å². The molecule has 0 bridgehead atoms. The number of nitrogens with zero attached hydrogens (tertiary/aromatic N) is 2. The molecule has 0 aromatic carbocycles. The van der Waals surface area contributed by atoms with Gasteiger partial charge in [-0.15, -0.1) is 0 Å². The summed E-state index contributed by atoms with van der Waals surface area (Å²) in [6.07, 6.45) is 3.38. The molecule has 0 spiro atoms. The number of hydrogen-bond acceptors (Lipinski definition) is 3. The van der Waals surface area contributed by atoms with E-state index < -0.39 is 11.8 Å². The predicted octanol–water partition coefficient (Wildman–Crippen LogP) is 1.91. The molecule has 1 aromatic rings. The van der Waals surface area contributed by atoms with E-state index in [4.69, 9.17) is 5.11 Å². The SMILES string of the molecule is CCN(c1nccc(C(=O)O)c1F)C1CC1. The van der Waals surface area contributed by atoms with E-state index in [2.05, 4.69) is 4.98 Å². The molecule has 0 amide bonds. The van der Waals surface area contributed by atoms with Crippen molar-refractivity contribution in [3.63, 3.8) is 0 Å². The molecule has 1 aromatic heterocycles. The van der Waals surface area contributed by atoms with E-state index in [1.807, 2.05) is 11.8 Å². The molecular weight excluding hydrogens is 211 g/mol. The Morgan fingerprint density at radius 2 is 2.38 bits per heavy atom. The summed E-state index contributed by atoms with van der Waals surface area (Å²) in [4.78, 5) is 16.5. The summed E-state index contributed by atoms with van der Waals surface area (Å²) in [6, 6.07) is 1.50. The third-order valence-electron chi connectivity index (χ3n) is 2.70. The Kier molecular flexibility index (Phi) is 2.77. The molecular formula is C11H13FN2O2. The topological polar surface area (TPSA) is 53.4 Å². The quantitative estimate of drug-likeness (QED) is 0.848. The maximum Gasteiger partial charge on any atom is 0.338 e. The molecule has 1 heterocycles. The lowest BCUT2D eigenvalue weighted by Gasteiger charge is -2.22. The van der Waals surface area contributed by atoms with Gasteiger partial charge in [-0.3, -0.25) is 0 Å². The highest BCUT2D eigenvalue weighted by Gasteiger charge is 2.31. The van der Waals surface area contributed by atoms with E-state index in [0.717, 1.165) is 12.8 Å². The molecule has 2 rings (SSSR count). The first-order valence-electron chi connectivity index (χ1n) is 5.29. The molecule has 0 aliphatic heterocycles. The first-order chi connectivity index (χ1) is 7.65. The van der Waals surface area contributed by atoms with Crippen molar-refractivity contribution < 1.29 is 14.3 Å². The second kappa shape index (κ2) is 4.08. The van der Waals surface area contributed by atoms with Crippen LogP contribution in [0.15, 0.2) is 12.3 Å². The molecule has 4 nitrogen and oxygen atoms in total. The van der Waals surface area contributed by atoms with Gasteiger partial charge in [0.25, 0.3) is 0 Å². The first-order valence-corrected chi connectivity index (χ1v) is 5.29. The number of carboxylic acids is 1. The fourth-order valence-electron chi connectivity index (χ4n) is 1.77. The van der Waals surface area contributed by atoms with Crippen LogP contribution in [-0.4, -0.2) is 28.6 Å². The molecule has 0 saturated heterocycles. The van der Waals surface area contributed by atoms with Gasteiger partial charge in [0.15, 0.2) is 11.6 Å². The Labute approximate surface area is 92.7 Å². The van der Waals surface area contributed by atoms with E-state index >= 15 is 0 Å². The Bertz CT molecular complexity index is 418. The zero-order chi connectivity index (χ0) is 11.7. The van der Waals surface area contributed by atoms with Gasteiger partial charge in [-0.25, -0.2) is 14.2 Å². The standard InChI is InChI=1S/C11H13FN2O2/c1-2-14(7-3-4-7)10-9(12)8(11(15)16)5-6-13-10/h5-7H,2-4H2,1H3,(H,15,16). The Balaban J connectivity index is 2.39. The number of halogens is 1. The number of aromatic nitrogens is 1. The van der Waals surface area contributed by atoms with Crippen LogP contribution in [0.1, 0.15) is 30.1 Å². The number of rotatable bonds is 4. The van der Waals surface area contributed by atoms with Crippen molar-refractivity contribution in [2.75, 3.05) is 11.4 Å². The third kappa shape index (κ3) is 1.85. The largest absolute Gasteiger partial charge is 0.478 e. The van der Waals surface area contributed by atoms with Crippen molar-refractivity contribution in [2.24, 2.45) is 0 Å². The average molecular weight is 224 g/mol. The molecule has 1 aliphatic rings. The molecule has 1 fully saturated rings. The monoisotopic (exact) mass is 224 g/mol. The number of aromatic carboxylic acids is 1. The second-order valence-electron chi connectivity index (χ2n) is 3.82. The summed E-state index contributed by atoms with van der Waals surface area (Å²) in [5, 5.41) is 8.81. The molecule has 16 heavy (non-hydrogen) atoms.